The second kappa shape index (κ2) is 7.83. The Morgan fingerprint density at radius 3 is 2.39 bits per heavy atom. The van der Waals surface area contributed by atoms with Crippen molar-refractivity contribution in [2.45, 2.75) is 118 Å². The lowest BCUT2D eigenvalue weighted by molar-refractivity contribution is -0.208. The average molecular weight is 437 g/mol. The number of ketones is 1. The fourth-order valence-corrected chi connectivity index (χ4v) is 7.80. The fraction of sp³-hybridized carbons (Fsp3) is 0.923. The van der Waals surface area contributed by atoms with Crippen molar-refractivity contribution in [1.82, 2.24) is 0 Å². The first kappa shape index (κ1) is 24.7. The van der Waals surface area contributed by atoms with E-state index in [-0.39, 0.29) is 28.4 Å². The van der Waals surface area contributed by atoms with E-state index < -0.39 is 35.3 Å². The molecule has 31 heavy (non-hydrogen) atoms. The summed E-state index contributed by atoms with van der Waals surface area (Å²) in [6.07, 6.45) is 3.14. The van der Waals surface area contributed by atoms with Crippen molar-refractivity contribution in [1.29, 1.82) is 0 Å². The number of hydrogen-bond donors (Lipinski definition) is 1. The Bertz CT molecular complexity index is 722. The van der Waals surface area contributed by atoms with Gasteiger partial charge in [-0.25, -0.2) is 0 Å². The first-order chi connectivity index (χ1) is 14.1. The molecule has 3 rings (SSSR count). The lowest BCUT2D eigenvalue weighted by atomic mass is 9.44. The number of Topliss-reactive ketones (excluding diaryl/α,β-unsaturated/α-hetero) is 1. The maximum atomic E-state index is 14.2. The molecular formula is C26H44O5. The Hall–Kier alpha value is -0.940. The molecule has 0 spiro atoms. The summed E-state index contributed by atoms with van der Waals surface area (Å²) in [4.78, 5) is 25.9. The normalized spacial score (nSPS) is 43.2. The van der Waals surface area contributed by atoms with Crippen molar-refractivity contribution in [3.05, 3.63) is 0 Å². The molecule has 5 nitrogen and oxygen atoms in total. The largest absolute Gasteiger partial charge is 0.457 e. The number of esters is 1. The molecule has 2 saturated carbocycles. The number of fused-ring (bicyclic) bond motifs is 3. The second-order valence-corrected chi connectivity index (χ2v) is 12.3. The molecule has 3 fully saturated rings. The zero-order valence-corrected chi connectivity index (χ0v) is 21.1. The van der Waals surface area contributed by atoms with Crippen LogP contribution in [-0.4, -0.2) is 40.8 Å². The molecular weight excluding hydrogens is 392 g/mol. The molecule has 0 aromatic rings. The van der Waals surface area contributed by atoms with Gasteiger partial charge in [0.2, 0.25) is 0 Å². The quantitative estimate of drug-likeness (QED) is 0.619. The van der Waals surface area contributed by atoms with E-state index in [0.29, 0.717) is 12.3 Å². The topological polar surface area (TPSA) is 72.8 Å². The van der Waals surface area contributed by atoms with E-state index in [4.69, 9.17) is 9.47 Å². The zero-order valence-electron chi connectivity index (χ0n) is 21.1. The molecule has 3 aliphatic rings. The molecule has 1 N–H and O–H groups in total. The molecule has 1 saturated heterocycles. The smallest absolute Gasteiger partial charge is 0.303 e. The summed E-state index contributed by atoms with van der Waals surface area (Å²) in [6, 6.07) is 0. The first-order valence-electron chi connectivity index (χ1n) is 12.2. The minimum atomic E-state index is -1.25. The minimum Gasteiger partial charge on any atom is -0.457 e. The van der Waals surface area contributed by atoms with Gasteiger partial charge in [-0.15, -0.1) is 0 Å². The van der Waals surface area contributed by atoms with Gasteiger partial charge in [0.05, 0.1) is 11.7 Å². The summed E-state index contributed by atoms with van der Waals surface area (Å²) in [5, 5.41) is 10.7. The molecule has 0 aromatic carbocycles. The van der Waals surface area contributed by atoms with Gasteiger partial charge in [-0.2, -0.15) is 0 Å². The molecule has 178 valence electrons. The molecule has 0 amide bonds. The predicted octanol–water partition coefficient (Wildman–Crippen LogP) is 4.93. The van der Waals surface area contributed by atoms with Gasteiger partial charge >= 0.3 is 5.97 Å². The Morgan fingerprint density at radius 2 is 1.87 bits per heavy atom. The van der Waals surface area contributed by atoms with Crippen LogP contribution in [0.2, 0.25) is 0 Å². The highest BCUT2D eigenvalue weighted by molar-refractivity contribution is 5.93. The monoisotopic (exact) mass is 436 g/mol. The van der Waals surface area contributed by atoms with Crippen LogP contribution in [0.5, 0.6) is 0 Å². The summed E-state index contributed by atoms with van der Waals surface area (Å²) >= 11 is 0. The highest BCUT2D eigenvalue weighted by Crippen LogP contribution is 2.71. The van der Waals surface area contributed by atoms with Crippen molar-refractivity contribution < 1.29 is 24.2 Å². The number of carbonyl (C=O) groups is 2. The summed E-state index contributed by atoms with van der Waals surface area (Å²) in [6.45, 7) is 18.2. The van der Waals surface area contributed by atoms with Gasteiger partial charge in [0.15, 0.2) is 11.9 Å². The number of carbonyl (C=O) groups excluding carboxylic acids is 2. The second-order valence-electron chi connectivity index (χ2n) is 12.3. The number of hydrogen-bond acceptors (Lipinski definition) is 5. The average Bonchev–Trinajstić information content (AvgIpc) is 2.81. The molecule has 8 atom stereocenters. The molecule has 8 unspecified atom stereocenters. The summed E-state index contributed by atoms with van der Waals surface area (Å²) in [5.41, 5.74) is -1.68. The van der Waals surface area contributed by atoms with Gasteiger partial charge in [-0.1, -0.05) is 48.0 Å². The molecule has 0 bridgehead atoms. The summed E-state index contributed by atoms with van der Waals surface area (Å²) < 4.78 is 12.0. The third kappa shape index (κ3) is 3.68. The van der Waals surface area contributed by atoms with Crippen LogP contribution in [0.3, 0.4) is 0 Å². The van der Waals surface area contributed by atoms with E-state index >= 15 is 0 Å². The van der Waals surface area contributed by atoms with Gasteiger partial charge in [0, 0.05) is 18.3 Å². The summed E-state index contributed by atoms with van der Waals surface area (Å²) in [7, 11) is 0. The van der Waals surface area contributed by atoms with Gasteiger partial charge in [-0.3, -0.25) is 9.59 Å². The Kier molecular flexibility index (Phi) is 6.24. The van der Waals surface area contributed by atoms with Crippen LogP contribution in [0.25, 0.3) is 0 Å². The van der Waals surface area contributed by atoms with Gasteiger partial charge in [0.1, 0.15) is 6.10 Å². The van der Waals surface area contributed by atoms with Crippen molar-refractivity contribution in [2.75, 3.05) is 0 Å². The van der Waals surface area contributed by atoms with Crippen molar-refractivity contribution in [3.8, 4) is 0 Å². The molecule has 5 heteroatoms. The number of rotatable bonds is 5. The Morgan fingerprint density at radius 1 is 1.26 bits per heavy atom. The van der Waals surface area contributed by atoms with Gasteiger partial charge in [0.25, 0.3) is 0 Å². The van der Waals surface area contributed by atoms with Crippen LogP contribution in [0.4, 0.5) is 0 Å². The maximum absolute atomic E-state index is 14.2. The first-order valence-corrected chi connectivity index (χ1v) is 12.2. The maximum Gasteiger partial charge on any atom is 0.303 e. The third-order valence-electron chi connectivity index (χ3n) is 9.39. The van der Waals surface area contributed by atoms with Crippen molar-refractivity contribution >= 4 is 11.8 Å². The van der Waals surface area contributed by atoms with Crippen LogP contribution in [0, 0.1) is 34.0 Å². The SMILES string of the molecule is CCCC1C(C)(C)CCC2(C)C3C(C)CC(C(OC(C)=O)C(C)(C)O)OC3C(=O)C12C. The van der Waals surface area contributed by atoms with E-state index in [0.717, 1.165) is 25.7 Å². The Labute approximate surface area is 188 Å². The standard InChI is InChI=1S/C26H44O5/c1-10-11-18-23(4,5)12-13-25(8)19-15(2)14-17(22(24(6,7)29)30-16(3)27)31-20(19)21(28)26(18,25)9/h15,17-20,22,29H,10-14H2,1-9H3. The van der Waals surface area contributed by atoms with Gasteiger partial charge in [-0.05, 0) is 62.2 Å². The highest BCUT2D eigenvalue weighted by atomic mass is 16.6. The highest BCUT2D eigenvalue weighted by Gasteiger charge is 2.72. The van der Waals surface area contributed by atoms with E-state index in [9.17, 15) is 14.7 Å². The van der Waals surface area contributed by atoms with Crippen LogP contribution in [0.1, 0.15) is 94.4 Å². The minimum absolute atomic E-state index is 0.111. The summed E-state index contributed by atoms with van der Waals surface area (Å²) in [5.74, 6) is 0.482. The van der Waals surface area contributed by atoms with E-state index in [1.807, 2.05) is 0 Å². The molecule has 1 aliphatic heterocycles. The van der Waals surface area contributed by atoms with Crippen molar-refractivity contribution in [2.24, 2.45) is 34.0 Å². The van der Waals surface area contributed by atoms with Crippen LogP contribution in [0.15, 0.2) is 0 Å². The number of aliphatic hydroxyl groups is 1. The number of ether oxygens (including phenoxy) is 2. The lowest BCUT2D eigenvalue weighted by Gasteiger charge is -2.59. The third-order valence-corrected chi connectivity index (χ3v) is 9.39. The van der Waals surface area contributed by atoms with Gasteiger partial charge < -0.3 is 14.6 Å². The van der Waals surface area contributed by atoms with E-state index in [1.165, 1.54) is 6.92 Å². The van der Waals surface area contributed by atoms with E-state index in [1.54, 1.807) is 13.8 Å². The molecule has 0 radical (unpaired) electrons. The molecule has 2 aliphatic carbocycles. The predicted molar refractivity (Wildman–Crippen MR) is 120 cm³/mol. The van der Waals surface area contributed by atoms with Crippen LogP contribution >= 0.6 is 0 Å². The zero-order chi connectivity index (χ0) is 23.6. The van der Waals surface area contributed by atoms with Crippen molar-refractivity contribution in [3.63, 3.8) is 0 Å². The van der Waals surface area contributed by atoms with E-state index in [2.05, 4.69) is 41.5 Å². The van der Waals surface area contributed by atoms with Crippen LogP contribution < -0.4 is 0 Å². The Balaban J connectivity index is 2.02. The lowest BCUT2D eigenvalue weighted by Crippen LogP contribution is -2.56. The molecule has 0 aromatic heterocycles. The molecule has 1 heterocycles. The van der Waals surface area contributed by atoms with Crippen LogP contribution in [-0.2, 0) is 19.1 Å². The fourth-order valence-electron chi connectivity index (χ4n) is 7.80.